The Morgan fingerprint density at radius 1 is 1.53 bits per heavy atom. The predicted octanol–water partition coefficient (Wildman–Crippen LogP) is 1.38. The average molecular weight is 254 g/mol. The molecule has 1 saturated heterocycles. The molecular formula is C12H18N2O2S. The minimum absolute atomic E-state index is 0.0879. The molecule has 0 aliphatic carbocycles. The van der Waals surface area contributed by atoms with Crippen molar-refractivity contribution in [3.63, 3.8) is 0 Å². The predicted molar refractivity (Wildman–Crippen MR) is 68.9 cm³/mol. The molecule has 1 fully saturated rings. The number of rotatable bonds is 5. The molecule has 1 amide bonds. The second kappa shape index (κ2) is 6.71. The highest BCUT2D eigenvalue weighted by molar-refractivity contribution is 8.00. The molecule has 1 aliphatic heterocycles. The second-order valence-corrected chi connectivity index (χ2v) is 5.41. The van der Waals surface area contributed by atoms with E-state index in [1.54, 1.807) is 18.0 Å². The lowest BCUT2D eigenvalue weighted by atomic mass is 10.2. The summed E-state index contributed by atoms with van der Waals surface area (Å²) in [6.45, 7) is 2.63. The summed E-state index contributed by atoms with van der Waals surface area (Å²) in [4.78, 5) is 11.6. The molecule has 2 rings (SSSR count). The van der Waals surface area contributed by atoms with Crippen LogP contribution in [0.15, 0.2) is 22.8 Å². The Hall–Kier alpha value is -0.940. The fourth-order valence-electron chi connectivity index (χ4n) is 1.81. The summed E-state index contributed by atoms with van der Waals surface area (Å²) in [6, 6.07) is 3.69. The third-order valence-electron chi connectivity index (χ3n) is 2.78. The number of hydrogen-bond donors (Lipinski definition) is 2. The van der Waals surface area contributed by atoms with Crippen LogP contribution in [0, 0.1) is 0 Å². The van der Waals surface area contributed by atoms with Gasteiger partial charge in [0.2, 0.25) is 5.91 Å². The fourth-order valence-corrected chi connectivity index (χ4v) is 2.86. The van der Waals surface area contributed by atoms with Gasteiger partial charge in [-0.3, -0.25) is 4.79 Å². The Bertz CT molecular complexity index is 334. The summed E-state index contributed by atoms with van der Waals surface area (Å²) in [6.07, 6.45) is 3.94. The largest absolute Gasteiger partial charge is 0.467 e. The van der Waals surface area contributed by atoms with Crippen molar-refractivity contribution >= 4 is 17.7 Å². The van der Waals surface area contributed by atoms with Crippen LogP contribution in [0.25, 0.3) is 0 Å². The quantitative estimate of drug-likeness (QED) is 0.833. The first-order valence-corrected chi connectivity index (χ1v) is 7.01. The normalized spacial score (nSPS) is 16.9. The number of carbonyl (C=O) groups excluding carboxylic acids is 1. The van der Waals surface area contributed by atoms with E-state index in [2.05, 4.69) is 10.6 Å². The zero-order valence-corrected chi connectivity index (χ0v) is 10.6. The third-order valence-corrected chi connectivity index (χ3v) is 4.15. The van der Waals surface area contributed by atoms with Gasteiger partial charge in [-0.2, -0.15) is 0 Å². The van der Waals surface area contributed by atoms with Crippen molar-refractivity contribution < 1.29 is 9.21 Å². The summed E-state index contributed by atoms with van der Waals surface area (Å²) in [7, 11) is 0. The fraction of sp³-hybridized carbons (Fsp3) is 0.583. The van der Waals surface area contributed by atoms with E-state index >= 15 is 0 Å². The zero-order chi connectivity index (χ0) is 11.9. The SMILES string of the molecule is O=C(CSC1CCNCC1)NCc1ccco1. The summed E-state index contributed by atoms with van der Waals surface area (Å²) in [5, 5.41) is 6.81. The molecule has 1 aromatic heterocycles. The average Bonchev–Trinajstić information content (AvgIpc) is 2.88. The van der Waals surface area contributed by atoms with Gasteiger partial charge < -0.3 is 15.1 Å². The number of carbonyl (C=O) groups is 1. The highest BCUT2D eigenvalue weighted by Crippen LogP contribution is 2.19. The van der Waals surface area contributed by atoms with Gasteiger partial charge in [-0.15, -0.1) is 11.8 Å². The molecule has 2 N–H and O–H groups in total. The Morgan fingerprint density at radius 2 is 2.35 bits per heavy atom. The van der Waals surface area contributed by atoms with Crippen molar-refractivity contribution in [2.24, 2.45) is 0 Å². The number of thioether (sulfide) groups is 1. The first-order chi connectivity index (χ1) is 8.34. The van der Waals surface area contributed by atoms with E-state index in [4.69, 9.17) is 4.42 Å². The van der Waals surface area contributed by atoms with Gasteiger partial charge in [0.15, 0.2) is 0 Å². The molecule has 0 bridgehead atoms. The van der Waals surface area contributed by atoms with Crippen LogP contribution in [-0.2, 0) is 11.3 Å². The Kier molecular flexibility index (Phi) is 4.94. The second-order valence-electron chi connectivity index (χ2n) is 4.12. The van der Waals surface area contributed by atoms with Crippen LogP contribution in [0.3, 0.4) is 0 Å². The van der Waals surface area contributed by atoms with Crippen molar-refractivity contribution in [2.75, 3.05) is 18.8 Å². The van der Waals surface area contributed by atoms with Gasteiger partial charge in [-0.1, -0.05) is 0 Å². The maximum atomic E-state index is 11.6. The molecule has 0 spiro atoms. The zero-order valence-electron chi connectivity index (χ0n) is 9.78. The lowest BCUT2D eigenvalue weighted by Crippen LogP contribution is -2.31. The van der Waals surface area contributed by atoms with E-state index < -0.39 is 0 Å². The molecule has 0 atom stereocenters. The topological polar surface area (TPSA) is 54.3 Å². The van der Waals surface area contributed by atoms with E-state index in [0.717, 1.165) is 31.7 Å². The molecular weight excluding hydrogens is 236 g/mol. The molecule has 0 radical (unpaired) electrons. The van der Waals surface area contributed by atoms with Crippen LogP contribution in [0.1, 0.15) is 18.6 Å². The van der Waals surface area contributed by atoms with Gasteiger partial charge >= 0.3 is 0 Å². The van der Waals surface area contributed by atoms with Crippen LogP contribution in [-0.4, -0.2) is 30.0 Å². The number of amides is 1. The number of nitrogens with one attached hydrogen (secondary N) is 2. The van der Waals surface area contributed by atoms with Gasteiger partial charge in [-0.25, -0.2) is 0 Å². The Morgan fingerprint density at radius 3 is 3.06 bits per heavy atom. The van der Waals surface area contributed by atoms with Gasteiger partial charge in [0, 0.05) is 5.25 Å². The Balaban J connectivity index is 1.60. The first-order valence-electron chi connectivity index (χ1n) is 5.96. The molecule has 1 aliphatic rings. The summed E-state index contributed by atoms with van der Waals surface area (Å²) in [5.41, 5.74) is 0. The summed E-state index contributed by atoms with van der Waals surface area (Å²) in [5.74, 6) is 1.43. The van der Waals surface area contributed by atoms with E-state index in [1.807, 2.05) is 12.1 Å². The molecule has 0 unspecified atom stereocenters. The van der Waals surface area contributed by atoms with Crippen LogP contribution in [0.4, 0.5) is 0 Å². The van der Waals surface area contributed by atoms with Crippen molar-refractivity contribution in [3.8, 4) is 0 Å². The minimum atomic E-state index is 0.0879. The minimum Gasteiger partial charge on any atom is -0.467 e. The van der Waals surface area contributed by atoms with E-state index in [9.17, 15) is 4.79 Å². The van der Waals surface area contributed by atoms with E-state index in [1.165, 1.54) is 0 Å². The smallest absolute Gasteiger partial charge is 0.230 e. The van der Waals surface area contributed by atoms with Crippen molar-refractivity contribution in [1.82, 2.24) is 10.6 Å². The van der Waals surface area contributed by atoms with Crippen LogP contribution >= 0.6 is 11.8 Å². The highest BCUT2D eigenvalue weighted by Gasteiger charge is 2.14. The molecule has 0 saturated carbocycles. The first kappa shape index (κ1) is 12.5. The number of furan rings is 1. The summed E-state index contributed by atoms with van der Waals surface area (Å²) < 4.78 is 5.15. The molecule has 5 heteroatoms. The Labute approximate surface area is 106 Å². The molecule has 17 heavy (non-hydrogen) atoms. The van der Waals surface area contributed by atoms with Gasteiger partial charge in [-0.05, 0) is 38.1 Å². The van der Waals surface area contributed by atoms with E-state index in [0.29, 0.717) is 17.5 Å². The van der Waals surface area contributed by atoms with Crippen molar-refractivity contribution in [1.29, 1.82) is 0 Å². The maximum absolute atomic E-state index is 11.6. The van der Waals surface area contributed by atoms with Crippen molar-refractivity contribution in [3.05, 3.63) is 24.2 Å². The molecule has 94 valence electrons. The van der Waals surface area contributed by atoms with Gasteiger partial charge in [0.05, 0.1) is 18.6 Å². The van der Waals surface area contributed by atoms with Gasteiger partial charge in [0.25, 0.3) is 0 Å². The summed E-state index contributed by atoms with van der Waals surface area (Å²) >= 11 is 1.76. The maximum Gasteiger partial charge on any atom is 0.230 e. The number of piperidine rings is 1. The molecule has 0 aromatic carbocycles. The molecule has 1 aromatic rings. The van der Waals surface area contributed by atoms with Gasteiger partial charge in [0.1, 0.15) is 5.76 Å². The molecule has 2 heterocycles. The monoisotopic (exact) mass is 254 g/mol. The van der Waals surface area contributed by atoms with Crippen LogP contribution in [0.2, 0.25) is 0 Å². The van der Waals surface area contributed by atoms with Crippen LogP contribution in [0.5, 0.6) is 0 Å². The van der Waals surface area contributed by atoms with Crippen molar-refractivity contribution in [2.45, 2.75) is 24.6 Å². The molecule has 4 nitrogen and oxygen atoms in total. The lowest BCUT2D eigenvalue weighted by Gasteiger charge is -2.21. The lowest BCUT2D eigenvalue weighted by molar-refractivity contribution is -0.118. The number of hydrogen-bond acceptors (Lipinski definition) is 4. The third kappa shape index (κ3) is 4.44. The standard InChI is InChI=1S/C12H18N2O2S/c15-12(14-8-10-2-1-7-16-10)9-17-11-3-5-13-6-4-11/h1-2,7,11,13H,3-6,8-9H2,(H,14,15). The van der Waals surface area contributed by atoms with E-state index in [-0.39, 0.29) is 5.91 Å². The highest BCUT2D eigenvalue weighted by atomic mass is 32.2. The van der Waals surface area contributed by atoms with Crippen LogP contribution < -0.4 is 10.6 Å².